The first-order valence-corrected chi connectivity index (χ1v) is 14.1. The van der Waals surface area contributed by atoms with E-state index in [1.807, 2.05) is 51.1 Å². The van der Waals surface area contributed by atoms with E-state index in [-0.39, 0.29) is 17.3 Å². The number of piperazine rings is 1. The quantitative estimate of drug-likeness (QED) is 0.436. The predicted octanol–water partition coefficient (Wildman–Crippen LogP) is 4.66. The van der Waals surface area contributed by atoms with Gasteiger partial charge in [0.2, 0.25) is 5.91 Å². The molecule has 0 aromatic heterocycles. The zero-order chi connectivity index (χ0) is 26.4. The van der Waals surface area contributed by atoms with Gasteiger partial charge < -0.3 is 4.90 Å². The molecule has 0 radical (unpaired) electrons. The van der Waals surface area contributed by atoms with Crippen molar-refractivity contribution in [2.24, 2.45) is 0 Å². The fourth-order valence-electron chi connectivity index (χ4n) is 4.53. The molecule has 1 heterocycles. The second-order valence-corrected chi connectivity index (χ2v) is 11.5. The lowest BCUT2D eigenvalue weighted by Gasteiger charge is -2.35. The monoisotopic (exact) mass is 517 g/mol. The summed E-state index contributed by atoms with van der Waals surface area (Å²) in [4.78, 5) is 17.6. The zero-order valence-corrected chi connectivity index (χ0v) is 22.6. The lowest BCUT2D eigenvalue weighted by atomic mass is 10.1. The molecule has 3 aromatic carbocycles. The van der Waals surface area contributed by atoms with E-state index in [9.17, 15) is 13.2 Å². The minimum absolute atomic E-state index is 0.181. The van der Waals surface area contributed by atoms with Crippen LogP contribution in [0.4, 0.5) is 5.69 Å². The Balaban J connectivity index is 1.46. The first-order chi connectivity index (χ1) is 17.7. The molecular formula is C30H35N3O3S. The Bertz CT molecular complexity index is 1340. The van der Waals surface area contributed by atoms with E-state index in [1.54, 1.807) is 35.2 Å². The molecule has 0 bridgehead atoms. The summed E-state index contributed by atoms with van der Waals surface area (Å²) in [6, 6.07) is 22.6. The Hall–Kier alpha value is -3.42. The molecule has 0 atom stereocenters. The molecule has 0 saturated carbocycles. The van der Waals surface area contributed by atoms with Gasteiger partial charge >= 0.3 is 0 Å². The van der Waals surface area contributed by atoms with Crippen molar-refractivity contribution in [3.63, 3.8) is 0 Å². The number of carbonyl (C=O) groups is 1. The van der Waals surface area contributed by atoms with E-state index in [0.29, 0.717) is 18.8 Å². The van der Waals surface area contributed by atoms with Crippen molar-refractivity contribution in [3.8, 4) is 0 Å². The maximum Gasteiger partial charge on any atom is 0.264 e. The molecule has 0 aliphatic carbocycles. The van der Waals surface area contributed by atoms with Crippen molar-refractivity contribution < 1.29 is 13.2 Å². The van der Waals surface area contributed by atoms with E-state index in [1.165, 1.54) is 4.31 Å². The van der Waals surface area contributed by atoms with Gasteiger partial charge in [0.1, 0.15) is 6.54 Å². The van der Waals surface area contributed by atoms with Crippen LogP contribution < -0.4 is 4.31 Å². The van der Waals surface area contributed by atoms with E-state index in [0.717, 1.165) is 41.9 Å². The van der Waals surface area contributed by atoms with Gasteiger partial charge in [-0.05, 0) is 50.1 Å². The maximum atomic E-state index is 13.7. The summed E-state index contributed by atoms with van der Waals surface area (Å²) in [5.41, 5.74) is 4.53. The maximum absolute atomic E-state index is 13.7. The van der Waals surface area contributed by atoms with Gasteiger partial charge in [0, 0.05) is 32.7 Å². The number of nitrogens with zero attached hydrogens (tertiary/aromatic N) is 3. The van der Waals surface area contributed by atoms with Gasteiger partial charge in [-0.3, -0.25) is 14.0 Å². The minimum atomic E-state index is -3.92. The van der Waals surface area contributed by atoms with E-state index >= 15 is 0 Å². The number of amides is 1. The van der Waals surface area contributed by atoms with Crippen LogP contribution >= 0.6 is 0 Å². The number of sulfonamides is 1. The van der Waals surface area contributed by atoms with Gasteiger partial charge in [-0.2, -0.15) is 0 Å². The highest BCUT2D eigenvalue weighted by atomic mass is 32.2. The van der Waals surface area contributed by atoms with Gasteiger partial charge in [0.25, 0.3) is 10.0 Å². The van der Waals surface area contributed by atoms with Gasteiger partial charge in [-0.1, -0.05) is 77.9 Å². The molecule has 4 rings (SSSR count). The Kier molecular flexibility index (Phi) is 8.46. The number of aryl methyl sites for hydroxylation is 3. The van der Waals surface area contributed by atoms with Crippen LogP contribution in [0.5, 0.6) is 0 Å². The van der Waals surface area contributed by atoms with Crippen LogP contribution in [-0.2, 0) is 14.8 Å². The lowest BCUT2D eigenvalue weighted by molar-refractivity contribution is -0.131. The molecule has 6 nitrogen and oxygen atoms in total. The first kappa shape index (κ1) is 26.6. The molecule has 1 amide bonds. The van der Waals surface area contributed by atoms with Gasteiger partial charge in [-0.15, -0.1) is 0 Å². The Morgan fingerprint density at radius 2 is 1.51 bits per heavy atom. The molecule has 1 saturated heterocycles. The van der Waals surface area contributed by atoms with Crippen molar-refractivity contribution in [1.82, 2.24) is 9.80 Å². The summed E-state index contributed by atoms with van der Waals surface area (Å²) in [6.45, 7) is 8.99. The first-order valence-electron chi connectivity index (χ1n) is 12.6. The molecule has 3 aromatic rings. The highest BCUT2D eigenvalue weighted by Crippen LogP contribution is 2.28. The molecule has 7 heteroatoms. The minimum Gasteiger partial charge on any atom is -0.339 e. The van der Waals surface area contributed by atoms with Gasteiger partial charge in [0.05, 0.1) is 10.6 Å². The lowest BCUT2D eigenvalue weighted by Crippen LogP contribution is -2.51. The molecule has 1 fully saturated rings. The highest BCUT2D eigenvalue weighted by Gasteiger charge is 2.31. The van der Waals surface area contributed by atoms with Crippen LogP contribution in [0.3, 0.4) is 0 Å². The summed E-state index contributed by atoms with van der Waals surface area (Å²) in [5.74, 6) is -0.185. The second kappa shape index (κ2) is 11.8. The van der Waals surface area contributed by atoms with Crippen LogP contribution in [0.25, 0.3) is 6.08 Å². The third kappa shape index (κ3) is 6.67. The Morgan fingerprint density at radius 1 is 0.865 bits per heavy atom. The van der Waals surface area contributed by atoms with Crippen molar-refractivity contribution in [2.45, 2.75) is 25.7 Å². The van der Waals surface area contributed by atoms with Gasteiger partial charge in [0.15, 0.2) is 0 Å². The van der Waals surface area contributed by atoms with Crippen LogP contribution in [0.1, 0.15) is 22.3 Å². The number of hydrogen-bond acceptors (Lipinski definition) is 4. The van der Waals surface area contributed by atoms with Crippen molar-refractivity contribution >= 4 is 27.7 Å². The zero-order valence-electron chi connectivity index (χ0n) is 21.8. The van der Waals surface area contributed by atoms with Gasteiger partial charge in [-0.25, -0.2) is 8.42 Å². The fraction of sp³-hybridized carbons (Fsp3) is 0.300. The summed E-state index contributed by atoms with van der Waals surface area (Å²) in [6.07, 6.45) is 4.25. The highest BCUT2D eigenvalue weighted by molar-refractivity contribution is 7.92. The van der Waals surface area contributed by atoms with E-state index in [4.69, 9.17) is 0 Å². The average Bonchev–Trinajstić information content (AvgIpc) is 2.89. The topological polar surface area (TPSA) is 60.9 Å². The summed E-state index contributed by atoms with van der Waals surface area (Å²) in [5, 5.41) is 0. The molecule has 37 heavy (non-hydrogen) atoms. The van der Waals surface area contributed by atoms with Crippen LogP contribution in [0, 0.1) is 20.8 Å². The summed E-state index contributed by atoms with van der Waals surface area (Å²) in [7, 11) is -3.92. The number of rotatable bonds is 8. The summed E-state index contributed by atoms with van der Waals surface area (Å²) < 4.78 is 28.7. The normalized spacial score (nSPS) is 14.7. The third-order valence-electron chi connectivity index (χ3n) is 6.71. The smallest absolute Gasteiger partial charge is 0.264 e. The molecule has 194 valence electrons. The molecule has 1 aliphatic rings. The number of anilines is 1. The van der Waals surface area contributed by atoms with Crippen LogP contribution in [0.2, 0.25) is 0 Å². The number of carbonyl (C=O) groups excluding carboxylic acids is 1. The largest absolute Gasteiger partial charge is 0.339 e. The van der Waals surface area contributed by atoms with E-state index in [2.05, 4.69) is 29.2 Å². The second-order valence-electron chi connectivity index (χ2n) is 9.61. The van der Waals surface area contributed by atoms with Crippen molar-refractivity contribution in [2.75, 3.05) is 43.6 Å². The average molecular weight is 518 g/mol. The van der Waals surface area contributed by atoms with Crippen molar-refractivity contribution in [3.05, 3.63) is 101 Å². The molecular weight excluding hydrogens is 482 g/mol. The van der Waals surface area contributed by atoms with Crippen LogP contribution in [-0.4, -0.2) is 63.4 Å². The van der Waals surface area contributed by atoms with Crippen LogP contribution in [0.15, 0.2) is 83.8 Å². The molecule has 0 spiro atoms. The molecule has 0 N–H and O–H groups in total. The third-order valence-corrected chi connectivity index (χ3v) is 8.48. The Morgan fingerprint density at radius 3 is 2.16 bits per heavy atom. The number of benzene rings is 3. The summed E-state index contributed by atoms with van der Waals surface area (Å²) >= 11 is 0. The molecule has 1 aliphatic heterocycles. The SMILES string of the molecule is Cc1ccc(S(=O)(=O)N(CC(=O)N2CCN(C/C=C/c3ccccc3)CC2)c2ccc(C)cc2C)cc1. The fourth-order valence-corrected chi connectivity index (χ4v) is 6.01. The standard InChI is InChI=1S/C30H35N3O3S/c1-24-11-14-28(15-12-24)37(35,36)33(29-16-13-25(2)22-26(29)3)23-30(34)32-20-18-31(19-21-32)17-7-10-27-8-5-4-6-9-27/h4-16,22H,17-21,23H2,1-3H3/b10-7+. The number of hydrogen-bond donors (Lipinski definition) is 0. The predicted molar refractivity (Wildman–Crippen MR) is 150 cm³/mol. The van der Waals surface area contributed by atoms with Crippen molar-refractivity contribution in [1.29, 1.82) is 0 Å². The Labute approximate surface area is 220 Å². The molecule has 0 unspecified atom stereocenters. The van der Waals surface area contributed by atoms with E-state index < -0.39 is 10.0 Å².